The Labute approximate surface area is 96.1 Å². The molecule has 2 N–H and O–H groups in total. The van der Waals surface area contributed by atoms with Gasteiger partial charge in [-0.05, 0) is 19.2 Å². The van der Waals surface area contributed by atoms with Gasteiger partial charge >= 0.3 is 0 Å². The first kappa shape index (κ1) is 12.3. The van der Waals surface area contributed by atoms with Crippen LogP contribution >= 0.6 is 11.8 Å². The molecule has 1 aromatic rings. The standard InChI is InChI=1S/C11H19N3S/c1-9-6-11(10(7-12)8-13-9)14(2)4-5-15-3/h6,8H,4-5,7,12H2,1-3H3. The second kappa shape index (κ2) is 5.98. The lowest BCUT2D eigenvalue weighted by atomic mass is 10.2. The molecule has 0 aliphatic heterocycles. The third-order valence-corrected chi connectivity index (χ3v) is 2.95. The Balaban J connectivity index is 2.85. The zero-order valence-electron chi connectivity index (χ0n) is 9.66. The van der Waals surface area contributed by atoms with Gasteiger partial charge < -0.3 is 10.6 Å². The predicted molar refractivity (Wildman–Crippen MR) is 68.5 cm³/mol. The number of hydrogen-bond acceptors (Lipinski definition) is 4. The molecule has 0 radical (unpaired) electrons. The number of thioether (sulfide) groups is 1. The Morgan fingerprint density at radius 3 is 2.87 bits per heavy atom. The van der Waals surface area contributed by atoms with Crippen molar-refractivity contribution in [3.05, 3.63) is 23.5 Å². The van der Waals surface area contributed by atoms with E-state index in [9.17, 15) is 0 Å². The van der Waals surface area contributed by atoms with E-state index in [-0.39, 0.29) is 0 Å². The third kappa shape index (κ3) is 3.39. The highest BCUT2D eigenvalue weighted by Crippen LogP contribution is 2.19. The van der Waals surface area contributed by atoms with Crippen molar-refractivity contribution < 1.29 is 0 Å². The summed E-state index contributed by atoms with van der Waals surface area (Å²) in [6.07, 6.45) is 4.00. The van der Waals surface area contributed by atoms with Crippen molar-refractivity contribution in [1.29, 1.82) is 0 Å². The largest absolute Gasteiger partial charge is 0.373 e. The minimum absolute atomic E-state index is 0.548. The summed E-state index contributed by atoms with van der Waals surface area (Å²) in [6.45, 7) is 3.59. The molecule has 1 heterocycles. The van der Waals surface area contributed by atoms with Gasteiger partial charge in [0.15, 0.2) is 0 Å². The lowest BCUT2D eigenvalue weighted by Crippen LogP contribution is -2.22. The maximum atomic E-state index is 5.70. The number of rotatable bonds is 5. The Morgan fingerprint density at radius 2 is 2.27 bits per heavy atom. The molecule has 0 aliphatic carbocycles. The SMILES string of the molecule is CSCCN(C)c1cc(C)ncc1CN. The monoisotopic (exact) mass is 225 g/mol. The molecule has 0 atom stereocenters. The maximum Gasteiger partial charge on any atom is 0.0443 e. The zero-order valence-corrected chi connectivity index (χ0v) is 10.5. The van der Waals surface area contributed by atoms with Gasteiger partial charge in [-0.15, -0.1) is 0 Å². The minimum atomic E-state index is 0.548. The van der Waals surface area contributed by atoms with E-state index in [4.69, 9.17) is 5.73 Å². The van der Waals surface area contributed by atoms with Crippen LogP contribution in [0.5, 0.6) is 0 Å². The van der Waals surface area contributed by atoms with Crippen LogP contribution in [0.1, 0.15) is 11.3 Å². The van der Waals surface area contributed by atoms with Crippen LogP contribution in [-0.2, 0) is 6.54 Å². The zero-order chi connectivity index (χ0) is 11.3. The summed E-state index contributed by atoms with van der Waals surface area (Å²) in [4.78, 5) is 6.50. The van der Waals surface area contributed by atoms with Crippen molar-refractivity contribution in [3.8, 4) is 0 Å². The Morgan fingerprint density at radius 1 is 1.53 bits per heavy atom. The Hall–Kier alpha value is -0.740. The minimum Gasteiger partial charge on any atom is -0.373 e. The molecule has 0 bridgehead atoms. The topological polar surface area (TPSA) is 42.2 Å². The molecule has 0 saturated carbocycles. The van der Waals surface area contributed by atoms with Gasteiger partial charge in [-0.3, -0.25) is 4.98 Å². The third-order valence-electron chi connectivity index (χ3n) is 2.36. The van der Waals surface area contributed by atoms with Gasteiger partial charge in [-0.1, -0.05) is 0 Å². The summed E-state index contributed by atoms with van der Waals surface area (Å²) in [5.74, 6) is 1.13. The molecule has 0 spiro atoms. The molecule has 0 saturated heterocycles. The van der Waals surface area contributed by atoms with E-state index in [2.05, 4.69) is 29.3 Å². The number of anilines is 1. The lowest BCUT2D eigenvalue weighted by Gasteiger charge is -2.21. The van der Waals surface area contributed by atoms with E-state index in [0.29, 0.717) is 6.54 Å². The molecule has 1 aromatic heterocycles. The fourth-order valence-corrected chi connectivity index (χ4v) is 1.89. The van der Waals surface area contributed by atoms with Crippen molar-refractivity contribution >= 4 is 17.4 Å². The van der Waals surface area contributed by atoms with Gasteiger partial charge in [0.25, 0.3) is 0 Å². The average Bonchev–Trinajstić information content (AvgIpc) is 2.25. The van der Waals surface area contributed by atoms with Gasteiger partial charge in [0.1, 0.15) is 0 Å². The van der Waals surface area contributed by atoms with Crippen molar-refractivity contribution in [2.24, 2.45) is 5.73 Å². The molecule has 1 rings (SSSR count). The van der Waals surface area contributed by atoms with Crippen LogP contribution in [0.25, 0.3) is 0 Å². The number of nitrogens with two attached hydrogens (primary N) is 1. The fraction of sp³-hybridized carbons (Fsp3) is 0.545. The van der Waals surface area contributed by atoms with Crippen LogP contribution in [0.4, 0.5) is 5.69 Å². The number of aryl methyl sites for hydroxylation is 1. The first-order valence-electron chi connectivity index (χ1n) is 5.04. The summed E-state index contributed by atoms with van der Waals surface area (Å²) in [5, 5.41) is 0. The molecule has 15 heavy (non-hydrogen) atoms. The highest BCUT2D eigenvalue weighted by atomic mass is 32.2. The van der Waals surface area contributed by atoms with Crippen molar-refractivity contribution in [2.75, 3.05) is 30.5 Å². The quantitative estimate of drug-likeness (QED) is 0.827. The number of aromatic nitrogens is 1. The first-order valence-corrected chi connectivity index (χ1v) is 6.44. The molecular weight excluding hydrogens is 206 g/mol. The molecule has 84 valence electrons. The highest BCUT2D eigenvalue weighted by Gasteiger charge is 2.06. The number of hydrogen-bond donors (Lipinski definition) is 1. The molecule has 0 unspecified atom stereocenters. The van der Waals surface area contributed by atoms with Gasteiger partial charge in [-0.2, -0.15) is 11.8 Å². The van der Waals surface area contributed by atoms with E-state index in [1.807, 2.05) is 24.9 Å². The van der Waals surface area contributed by atoms with Crippen LogP contribution in [0.2, 0.25) is 0 Å². The van der Waals surface area contributed by atoms with Gasteiger partial charge in [0, 0.05) is 49.0 Å². The van der Waals surface area contributed by atoms with E-state index in [1.165, 1.54) is 5.69 Å². The van der Waals surface area contributed by atoms with E-state index in [0.717, 1.165) is 23.6 Å². The maximum absolute atomic E-state index is 5.70. The van der Waals surface area contributed by atoms with Crippen LogP contribution < -0.4 is 10.6 Å². The molecule has 0 aliphatic rings. The van der Waals surface area contributed by atoms with E-state index < -0.39 is 0 Å². The van der Waals surface area contributed by atoms with Crippen LogP contribution in [0.3, 0.4) is 0 Å². The van der Waals surface area contributed by atoms with Crippen LogP contribution in [0, 0.1) is 6.92 Å². The van der Waals surface area contributed by atoms with Crippen molar-refractivity contribution in [2.45, 2.75) is 13.5 Å². The normalized spacial score (nSPS) is 10.4. The average molecular weight is 225 g/mol. The second-order valence-corrected chi connectivity index (χ2v) is 4.56. The Bertz CT molecular complexity index is 315. The summed E-state index contributed by atoms with van der Waals surface area (Å²) in [7, 11) is 2.10. The van der Waals surface area contributed by atoms with E-state index >= 15 is 0 Å². The fourth-order valence-electron chi connectivity index (χ4n) is 1.43. The Kier molecular flexibility index (Phi) is 4.91. The van der Waals surface area contributed by atoms with Crippen LogP contribution in [-0.4, -0.2) is 30.6 Å². The summed E-state index contributed by atoms with van der Waals surface area (Å²) in [5.41, 5.74) is 9.06. The van der Waals surface area contributed by atoms with Crippen molar-refractivity contribution in [3.63, 3.8) is 0 Å². The number of pyridine rings is 1. The summed E-state index contributed by atoms with van der Waals surface area (Å²) >= 11 is 1.85. The van der Waals surface area contributed by atoms with Crippen LogP contribution in [0.15, 0.2) is 12.3 Å². The second-order valence-electron chi connectivity index (χ2n) is 3.57. The van der Waals surface area contributed by atoms with Crippen molar-refractivity contribution in [1.82, 2.24) is 4.98 Å². The van der Waals surface area contributed by atoms with Gasteiger partial charge in [-0.25, -0.2) is 0 Å². The molecule has 4 heteroatoms. The molecule has 0 fully saturated rings. The molecule has 0 amide bonds. The highest BCUT2D eigenvalue weighted by molar-refractivity contribution is 7.98. The van der Waals surface area contributed by atoms with Gasteiger partial charge in [0.2, 0.25) is 0 Å². The molecule has 3 nitrogen and oxygen atoms in total. The molecular formula is C11H19N3S. The summed E-state index contributed by atoms with van der Waals surface area (Å²) < 4.78 is 0. The first-order chi connectivity index (χ1) is 7.19. The lowest BCUT2D eigenvalue weighted by molar-refractivity contribution is 0.934. The summed E-state index contributed by atoms with van der Waals surface area (Å²) in [6, 6.07) is 2.10. The smallest absolute Gasteiger partial charge is 0.0443 e. The van der Waals surface area contributed by atoms with E-state index in [1.54, 1.807) is 0 Å². The van der Waals surface area contributed by atoms with Gasteiger partial charge in [0.05, 0.1) is 0 Å². The predicted octanol–water partition coefficient (Wildman–Crippen LogP) is 1.65. The number of nitrogens with zero attached hydrogens (tertiary/aromatic N) is 2. The molecule has 0 aromatic carbocycles.